The van der Waals surface area contributed by atoms with Gasteiger partial charge in [0.25, 0.3) is 0 Å². The van der Waals surface area contributed by atoms with Crippen molar-refractivity contribution in [3.63, 3.8) is 0 Å². The Morgan fingerprint density at radius 1 is 1.16 bits per heavy atom. The van der Waals surface area contributed by atoms with Crippen molar-refractivity contribution >= 4 is 23.5 Å². The van der Waals surface area contributed by atoms with E-state index in [9.17, 15) is 0 Å². The second kappa shape index (κ2) is 7.05. The Kier molecular flexibility index (Phi) is 5.67. The molecule has 2 rings (SSSR count). The molecule has 1 aromatic carbocycles. The molecule has 1 heterocycles. The number of nitrogens with one attached hydrogen (secondary N) is 1. The van der Waals surface area contributed by atoms with E-state index in [1.54, 1.807) is 0 Å². The van der Waals surface area contributed by atoms with Crippen molar-refractivity contribution in [2.24, 2.45) is 0 Å². The van der Waals surface area contributed by atoms with Gasteiger partial charge >= 0.3 is 0 Å². The Morgan fingerprint density at radius 2 is 1.79 bits per heavy atom. The molecular formula is C16H25NS2. The summed E-state index contributed by atoms with van der Waals surface area (Å²) in [6, 6.07) is 7.43. The number of aryl methyl sites for hydroxylation is 2. The van der Waals surface area contributed by atoms with Crippen molar-refractivity contribution in [3.05, 3.63) is 34.9 Å². The molecule has 0 saturated carbocycles. The van der Waals surface area contributed by atoms with Crippen LogP contribution in [0.3, 0.4) is 0 Å². The number of rotatable bonds is 4. The summed E-state index contributed by atoms with van der Waals surface area (Å²) in [7, 11) is 2.11. The number of hydrogen-bond donors (Lipinski definition) is 1. The topological polar surface area (TPSA) is 12.0 Å². The first kappa shape index (κ1) is 15.3. The highest BCUT2D eigenvalue weighted by atomic mass is 32.2. The third-order valence-electron chi connectivity index (χ3n) is 3.74. The average molecular weight is 296 g/mol. The lowest BCUT2D eigenvalue weighted by atomic mass is 9.97. The molecule has 106 valence electrons. The lowest BCUT2D eigenvalue weighted by Crippen LogP contribution is -2.37. The summed E-state index contributed by atoms with van der Waals surface area (Å²) in [6.07, 6.45) is 1.27. The first-order valence-corrected chi connectivity index (χ1v) is 9.24. The highest BCUT2D eigenvalue weighted by Crippen LogP contribution is 2.40. The van der Waals surface area contributed by atoms with E-state index in [0.717, 1.165) is 5.25 Å². The van der Waals surface area contributed by atoms with Crippen LogP contribution in [0.4, 0.5) is 0 Å². The summed E-state index contributed by atoms with van der Waals surface area (Å²) < 4.78 is 0. The highest BCUT2D eigenvalue weighted by molar-refractivity contribution is 8.07. The Bertz CT molecular complexity index is 399. The van der Waals surface area contributed by atoms with E-state index < -0.39 is 0 Å². The quantitative estimate of drug-likeness (QED) is 0.894. The summed E-state index contributed by atoms with van der Waals surface area (Å²) in [4.78, 5) is 0. The van der Waals surface area contributed by atoms with E-state index in [4.69, 9.17) is 0 Å². The van der Waals surface area contributed by atoms with Crippen molar-refractivity contribution in [2.75, 3.05) is 18.6 Å². The van der Waals surface area contributed by atoms with Gasteiger partial charge in [-0.05, 0) is 32.9 Å². The zero-order valence-electron chi connectivity index (χ0n) is 12.4. The average Bonchev–Trinajstić information content (AvgIpc) is 2.39. The van der Waals surface area contributed by atoms with E-state index in [2.05, 4.69) is 74.9 Å². The minimum Gasteiger partial charge on any atom is -0.312 e. The summed E-state index contributed by atoms with van der Waals surface area (Å²) >= 11 is 4.31. The molecule has 1 aliphatic heterocycles. The van der Waals surface area contributed by atoms with Crippen LogP contribution in [0.1, 0.15) is 36.1 Å². The van der Waals surface area contributed by atoms with E-state index in [-0.39, 0.29) is 0 Å². The molecule has 0 aromatic heterocycles. The molecular weight excluding hydrogens is 270 g/mol. The number of thioether (sulfide) groups is 2. The zero-order chi connectivity index (χ0) is 13.8. The van der Waals surface area contributed by atoms with Crippen LogP contribution in [0, 0.1) is 13.8 Å². The van der Waals surface area contributed by atoms with Crippen LogP contribution in [0.2, 0.25) is 0 Å². The Balaban J connectivity index is 2.27. The molecule has 0 bridgehead atoms. The lowest BCUT2D eigenvalue weighted by Gasteiger charge is -2.36. The van der Waals surface area contributed by atoms with Crippen LogP contribution < -0.4 is 5.32 Å². The van der Waals surface area contributed by atoms with Gasteiger partial charge in [-0.25, -0.2) is 0 Å². The van der Waals surface area contributed by atoms with Gasteiger partial charge in [-0.3, -0.25) is 0 Å². The van der Waals surface area contributed by atoms with Gasteiger partial charge in [0.2, 0.25) is 0 Å². The summed E-state index contributed by atoms with van der Waals surface area (Å²) in [5.41, 5.74) is 4.20. The molecule has 0 amide bonds. The molecule has 0 aliphatic carbocycles. The molecule has 1 aromatic rings. The molecule has 1 N–H and O–H groups in total. The van der Waals surface area contributed by atoms with Crippen LogP contribution in [0.25, 0.3) is 0 Å². The molecule has 1 nitrogen and oxygen atoms in total. The standard InChI is InChI=1S/C16H25NS2/c1-5-14-16(19-7-6-18-14)15(17-4)13-9-11(2)8-12(3)10-13/h8-10,14-17H,5-7H2,1-4H3. The molecule has 1 saturated heterocycles. The zero-order valence-corrected chi connectivity index (χ0v) is 14.0. The number of benzene rings is 1. The van der Waals surface area contributed by atoms with Crippen LogP contribution in [-0.4, -0.2) is 29.1 Å². The first-order valence-electron chi connectivity index (χ1n) is 7.14. The second-order valence-electron chi connectivity index (χ2n) is 5.34. The highest BCUT2D eigenvalue weighted by Gasteiger charge is 2.32. The van der Waals surface area contributed by atoms with Gasteiger partial charge in [0.15, 0.2) is 0 Å². The molecule has 1 aliphatic rings. The fourth-order valence-electron chi connectivity index (χ4n) is 2.96. The van der Waals surface area contributed by atoms with Gasteiger partial charge in [-0.1, -0.05) is 36.2 Å². The van der Waals surface area contributed by atoms with Crippen LogP contribution >= 0.6 is 23.5 Å². The predicted octanol–water partition coefficient (Wildman–Crippen LogP) is 4.19. The summed E-state index contributed by atoms with van der Waals surface area (Å²) in [5, 5.41) is 5.04. The van der Waals surface area contributed by atoms with Crippen molar-refractivity contribution in [1.29, 1.82) is 0 Å². The third-order valence-corrected chi connectivity index (χ3v) is 7.09. The van der Waals surface area contributed by atoms with E-state index in [1.807, 2.05) is 0 Å². The van der Waals surface area contributed by atoms with Crippen LogP contribution in [0.5, 0.6) is 0 Å². The van der Waals surface area contributed by atoms with Crippen molar-refractivity contribution in [1.82, 2.24) is 5.32 Å². The van der Waals surface area contributed by atoms with E-state index in [0.29, 0.717) is 11.3 Å². The Morgan fingerprint density at radius 3 is 2.37 bits per heavy atom. The second-order valence-corrected chi connectivity index (χ2v) is 7.97. The SMILES string of the molecule is CCC1SCCSC1C(NC)c1cc(C)cc(C)c1. The minimum absolute atomic E-state index is 0.473. The molecule has 19 heavy (non-hydrogen) atoms. The van der Waals surface area contributed by atoms with Gasteiger partial charge < -0.3 is 5.32 Å². The number of hydrogen-bond acceptors (Lipinski definition) is 3. The molecule has 3 atom stereocenters. The fraction of sp³-hybridized carbons (Fsp3) is 0.625. The maximum Gasteiger partial charge on any atom is 0.0449 e. The molecule has 1 fully saturated rings. The van der Waals surface area contributed by atoms with Crippen LogP contribution in [0.15, 0.2) is 18.2 Å². The van der Waals surface area contributed by atoms with Crippen molar-refractivity contribution in [3.8, 4) is 0 Å². The fourth-order valence-corrected chi connectivity index (χ4v) is 6.25. The Hall–Kier alpha value is -0.120. The van der Waals surface area contributed by atoms with Gasteiger partial charge in [0, 0.05) is 28.0 Å². The smallest absolute Gasteiger partial charge is 0.0449 e. The van der Waals surface area contributed by atoms with Crippen molar-refractivity contribution in [2.45, 2.75) is 43.7 Å². The molecule has 3 unspecified atom stereocenters. The maximum atomic E-state index is 3.57. The Labute approximate surface area is 126 Å². The van der Waals surface area contributed by atoms with Crippen molar-refractivity contribution < 1.29 is 0 Å². The normalized spacial score (nSPS) is 25.3. The van der Waals surface area contributed by atoms with Gasteiger partial charge in [0.1, 0.15) is 0 Å². The van der Waals surface area contributed by atoms with Gasteiger partial charge in [-0.15, -0.1) is 0 Å². The van der Waals surface area contributed by atoms with Crippen LogP contribution in [-0.2, 0) is 0 Å². The minimum atomic E-state index is 0.473. The molecule has 3 heteroatoms. The summed E-state index contributed by atoms with van der Waals surface area (Å²) in [6.45, 7) is 6.72. The first-order chi connectivity index (χ1) is 9.15. The molecule has 0 spiro atoms. The lowest BCUT2D eigenvalue weighted by molar-refractivity contribution is 0.543. The predicted molar refractivity (Wildman–Crippen MR) is 90.5 cm³/mol. The van der Waals surface area contributed by atoms with Gasteiger partial charge in [-0.2, -0.15) is 23.5 Å². The van der Waals surface area contributed by atoms with Gasteiger partial charge in [0.05, 0.1) is 0 Å². The third kappa shape index (κ3) is 3.71. The van der Waals surface area contributed by atoms with E-state index >= 15 is 0 Å². The maximum absolute atomic E-state index is 3.57. The molecule has 0 radical (unpaired) electrons. The monoisotopic (exact) mass is 295 g/mol. The summed E-state index contributed by atoms with van der Waals surface area (Å²) in [5.74, 6) is 2.60. The largest absolute Gasteiger partial charge is 0.312 e. The van der Waals surface area contributed by atoms with E-state index in [1.165, 1.54) is 34.6 Å².